The van der Waals surface area contributed by atoms with Crippen molar-refractivity contribution < 1.29 is 0 Å². The van der Waals surface area contributed by atoms with Crippen LogP contribution in [0.5, 0.6) is 0 Å². The van der Waals surface area contributed by atoms with Crippen LogP contribution < -0.4 is 11.1 Å². The van der Waals surface area contributed by atoms with E-state index in [0.717, 1.165) is 19.3 Å². The number of aromatic nitrogens is 2. The molecule has 1 heterocycles. The van der Waals surface area contributed by atoms with Gasteiger partial charge in [-0.2, -0.15) is 5.26 Å². The Kier molecular flexibility index (Phi) is 5.23. The second-order valence-electron chi connectivity index (χ2n) is 3.58. The normalized spacial score (nSPS) is 11.8. The van der Waals surface area contributed by atoms with E-state index in [-0.39, 0.29) is 6.04 Å². The van der Waals surface area contributed by atoms with Crippen LogP contribution in [-0.2, 0) is 0 Å². The molecular weight excluding hydrogens is 202 g/mol. The smallest absolute Gasteiger partial charge is 0.182 e. The minimum Gasteiger partial charge on any atom is -0.364 e. The molecule has 5 nitrogen and oxygen atoms in total. The fraction of sp³-hybridized carbons (Fsp3) is 0.545. The van der Waals surface area contributed by atoms with Crippen LogP contribution in [0.3, 0.4) is 0 Å². The van der Waals surface area contributed by atoms with Crippen molar-refractivity contribution in [3.8, 4) is 6.07 Å². The number of rotatable bonds is 6. The first kappa shape index (κ1) is 12.4. The maximum Gasteiger partial charge on any atom is 0.182 e. The minimum atomic E-state index is 0.156. The van der Waals surface area contributed by atoms with Crippen molar-refractivity contribution in [1.29, 1.82) is 5.26 Å². The van der Waals surface area contributed by atoms with Gasteiger partial charge in [0, 0.05) is 25.0 Å². The molecule has 0 saturated carbocycles. The molecule has 0 amide bonds. The molecule has 0 aliphatic rings. The van der Waals surface area contributed by atoms with Crippen molar-refractivity contribution in [3.05, 3.63) is 18.1 Å². The van der Waals surface area contributed by atoms with Gasteiger partial charge in [-0.25, -0.2) is 9.97 Å². The SMILES string of the molecule is CCCCC(CN)Nc1nccnc1C#N. The third kappa shape index (κ3) is 3.48. The second kappa shape index (κ2) is 6.75. The number of nitriles is 1. The lowest BCUT2D eigenvalue weighted by atomic mass is 10.1. The fourth-order valence-corrected chi connectivity index (χ4v) is 1.42. The van der Waals surface area contributed by atoms with Crippen LogP contribution in [0.4, 0.5) is 5.82 Å². The van der Waals surface area contributed by atoms with Crippen molar-refractivity contribution in [2.75, 3.05) is 11.9 Å². The van der Waals surface area contributed by atoms with Crippen LogP contribution in [0.1, 0.15) is 31.9 Å². The molecule has 1 aromatic rings. The van der Waals surface area contributed by atoms with Crippen LogP contribution in [0.15, 0.2) is 12.4 Å². The molecule has 0 saturated heterocycles. The van der Waals surface area contributed by atoms with E-state index in [0.29, 0.717) is 18.1 Å². The van der Waals surface area contributed by atoms with Gasteiger partial charge in [0.05, 0.1) is 0 Å². The molecule has 3 N–H and O–H groups in total. The van der Waals surface area contributed by atoms with Crippen molar-refractivity contribution in [3.63, 3.8) is 0 Å². The highest BCUT2D eigenvalue weighted by atomic mass is 15.0. The number of nitrogens with zero attached hydrogens (tertiary/aromatic N) is 3. The monoisotopic (exact) mass is 219 g/mol. The maximum atomic E-state index is 8.86. The Morgan fingerprint density at radius 2 is 2.25 bits per heavy atom. The standard InChI is InChI=1S/C11H17N5/c1-2-3-4-9(7-12)16-11-10(8-13)14-5-6-15-11/h5-6,9H,2-4,7,12H2,1H3,(H,15,16). The summed E-state index contributed by atoms with van der Waals surface area (Å²) in [5.74, 6) is 0.525. The van der Waals surface area contributed by atoms with Gasteiger partial charge in [0.1, 0.15) is 6.07 Å². The highest BCUT2D eigenvalue weighted by Gasteiger charge is 2.10. The summed E-state index contributed by atoms with van der Waals surface area (Å²) in [7, 11) is 0. The zero-order valence-electron chi connectivity index (χ0n) is 9.48. The summed E-state index contributed by atoms with van der Waals surface area (Å²) < 4.78 is 0. The number of anilines is 1. The molecule has 0 radical (unpaired) electrons. The molecule has 1 rings (SSSR count). The van der Waals surface area contributed by atoms with Crippen LogP contribution in [0.25, 0.3) is 0 Å². The number of unbranched alkanes of at least 4 members (excludes halogenated alkanes) is 1. The molecule has 0 aromatic carbocycles. The Labute approximate surface area is 95.7 Å². The van der Waals surface area contributed by atoms with E-state index in [4.69, 9.17) is 11.0 Å². The molecule has 0 spiro atoms. The van der Waals surface area contributed by atoms with E-state index in [1.54, 1.807) is 6.20 Å². The van der Waals surface area contributed by atoms with Gasteiger partial charge in [0.2, 0.25) is 0 Å². The van der Waals surface area contributed by atoms with Crippen molar-refractivity contribution in [2.45, 2.75) is 32.2 Å². The number of hydrogen-bond acceptors (Lipinski definition) is 5. The predicted molar refractivity (Wildman–Crippen MR) is 62.7 cm³/mol. The first-order chi connectivity index (χ1) is 7.81. The van der Waals surface area contributed by atoms with Crippen LogP contribution in [0.2, 0.25) is 0 Å². The van der Waals surface area contributed by atoms with Crippen LogP contribution >= 0.6 is 0 Å². The molecule has 16 heavy (non-hydrogen) atoms. The first-order valence-electron chi connectivity index (χ1n) is 5.49. The van der Waals surface area contributed by atoms with Crippen LogP contribution in [-0.4, -0.2) is 22.6 Å². The van der Waals surface area contributed by atoms with Gasteiger partial charge < -0.3 is 11.1 Å². The highest BCUT2D eigenvalue weighted by molar-refractivity contribution is 5.47. The summed E-state index contributed by atoms with van der Waals surface area (Å²) in [6.07, 6.45) is 6.29. The second-order valence-corrected chi connectivity index (χ2v) is 3.58. The summed E-state index contributed by atoms with van der Waals surface area (Å²) in [4.78, 5) is 8.03. The molecule has 0 aliphatic carbocycles. The van der Waals surface area contributed by atoms with Gasteiger partial charge in [-0.1, -0.05) is 19.8 Å². The van der Waals surface area contributed by atoms with Crippen molar-refractivity contribution in [1.82, 2.24) is 9.97 Å². The third-order valence-electron chi connectivity index (χ3n) is 2.34. The lowest BCUT2D eigenvalue weighted by Crippen LogP contribution is -2.29. The van der Waals surface area contributed by atoms with Crippen LogP contribution in [0, 0.1) is 11.3 Å². The average Bonchev–Trinajstić information content (AvgIpc) is 2.34. The van der Waals surface area contributed by atoms with E-state index in [2.05, 4.69) is 22.2 Å². The summed E-state index contributed by atoms with van der Waals surface area (Å²) in [6.45, 7) is 2.66. The molecule has 1 atom stereocenters. The highest BCUT2D eigenvalue weighted by Crippen LogP contribution is 2.10. The molecule has 1 unspecified atom stereocenters. The summed E-state index contributed by atoms with van der Waals surface area (Å²) in [5, 5.41) is 12.0. The molecular formula is C11H17N5. The summed E-state index contributed by atoms with van der Waals surface area (Å²) >= 11 is 0. The molecule has 1 aromatic heterocycles. The largest absolute Gasteiger partial charge is 0.364 e. The van der Waals surface area contributed by atoms with Gasteiger partial charge in [-0.05, 0) is 6.42 Å². The van der Waals surface area contributed by atoms with Crippen molar-refractivity contribution >= 4 is 5.82 Å². The minimum absolute atomic E-state index is 0.156. The Hall–Kier alpha value is -1.67. The van der Waals surface area contributed by atoms with E-state index in [9.17, 15) is 0 Å². The van der Waals surface area contributed by atoms with Gasteiger partial charge in [0.15, 0.2) is 11.5 Å². The Morgan fingerprint density at radius 3 is 2.88 bits per heavy atom. The first-order valence-corrected chi connectivity index (χ1v) is 5.49. The topological polar surface area (TPSA) is 87.6 Å². The van der Waals surface area contributed by atoms with E-state index < -0.39 is 0 Å². The molecule has 86 valence electrons. The van der Waals surface area contributed by atoms with E-state index in [1.165, 1.54) is 6.20 Å². The summed E-state index contributed by atoms with van der Waals surface area (Å²) in [5.41, 5.74) is 5.98. The van der Waals surface area contributed by atoms with Crippen molar-refractivity contribution in [2.24, 2.45) is 5.73 Å². The van der Waals surface area contributed by atoms with Gasteiger partial charge >= 0.3 is 0 Å². The van der Waals surface area contributed by atoms with Gasteiger partial charge in [-0.3, -0.25) is 0 Å². The number of nitrogens with one attached hydrogen (secondary N) is 1. The molecule has 0 fully saturated rings. The average molecular weight is 219 g/mol. The zero-order valence-corrected chi connectivity index (χ0v) is 9.48. The third-order valence-corrected chi connectivity index (χ3v) is 2.34. The Morgan fingerprint density at radius 1 is 1.50 bits per heavy atom. The van der Waals surface area contributed by atoms with E-state index >= 15 is 0 Å². The maximum absolute atomic E-state index is 8.86. The Balaban J connectivity index is 2.66. The summed E-state index contributed by atoms with van der Waals surface area (Å²) in [6, 6.07) is 2.16. The number of hydrogen-bond donors (Lipinski definition) is 2. The molecule has 0 aliphatic heterocycles. The molecule has 0 bridgehead atoms. The quantitative estimate of drug-likeness (QED) is 0.752. The predicted octanol–water partition coefficient (Wildman–Crippen LogP) is 1.28. The van der Waals surface area contributed by atoms with E-state index in [1.807, 2.05) is 6.07 Å². The van der Waals surface area contributed by atoms with Gasteiger partial charge in [0.25, 0.3) is 0 Å². The zero-order chi connectivity index (χ0) is 11.8. The lowest BCUT2D eigenvalue weighted by Gasteiger charge is -2.17. The Bertz CT molecular complexity index is 358. The fourth-order valence-electron chi connectivity index (χ4n) is 1.42. The molecule has 5 heteroatoms. The number of nitrogens with two attached hydrogens (primary N) is 1. The lowest BCUT2D eigenvalue weighted by molar-refractivity contribution is 0.612. The van der Waals surface area contributed by atoms with Gasteiger partial charge in [-0.15, -0.1) is 0 Å².